The van der Waals surface area contributed by atoms with E-state index in [-0.39, 0.29) is 17.5 Å². The molecule has 190 valence electrons. The van der Waals surface area contributed by atoms with Gasteiger partial charge in [0, 0.05) is 33.9 Å². The van der Waals surface area contributed by atoms with Crippen LogP contribution in [0.25, 0.3) is 10.9 Å². The lowest BCUT2D eigenvalue weighted by molar-refractivity contribution is -0.137. The van der Waals surface area contributed by atoms with Crippen molar-refractivity contribution in [1.29, 1.82) is 0 Å². The summed E-state index contributed by atoms with van der Waals surface area (Å²) in [7, 11) is 0. The molecule has 8 heteroatoms. The van der Waals surface area contributed by atoms with Gasteiger partial charge in [0.05, 0.1) is 11.6 Å². The number of hydrogen-bond acceptors (Lipinski definition) is 2. The molecule has 1 aliphatic heterocycles. The normalized spacial score (nSPS) is 16.3. The molecule has 2 unspecified atom stereocenters. The fourth-order valence-corrected chi connectivity index (χ4v) is 5.09. The maximum Gasteiger partial charge on any atom is 0.416 e. The van der Waals surface area contributed by atoms with Crippen molar-refractivity contribution in [3.05, 3.63) is 101 Å². The minimum absolute atomic E-state index is 0.0291. The summed E-state index contributed by atoms with van der Waals surface area (Å²) in [5.41, 5.74) is 2.24. The monoisotopic (exact) mass is 505 g/mol. The van der Waals surface area contributed by atoms with E-state index < -0.39 is 29.7 Å². The Morgan fingerprint density at radius 2 is 1.73 bits per heavy atom. The second-order valence-electron chi connectivity index (χ2n) is 9.70. The number of amides is 2. The fraction of sp³-hybridized carbons (Fsp3) is 0.241. The highest BCUT2D eigenvalue weighted by Gasteiger charge is 2.44. The highest BCUT2D eigenvalue weighted by atomic mass is 19.4. The van der Waals surface area contributed by atoms with Crippen molar-refractivity contribution in [1.82, 2.24) is 9.88 Å². The van der Waals surface area contributed by atoms with Crippen LogP contribution in [-0.4, -0.2) is 27.7 Å². The van der Waals surface area contributed by atoms with Crippen LogP contribution < -0.4 is 5.32 Å². The van der Waals surface area contributed by atoms with Crippen LogP contribution in [0.2, 0.25) is 0 Å². The Morgan fingerprint density at radius 1 is 1.00 bits per heavy atom. The molecular weight excluding hydrogens is 479 g/mol. The Morgan fingerprint density at radius 3 is 2.49 bits per heavy atom. The van der Waals surface area contributed by atoms with Crippen molar-refractivity contribution < 1.29 is 22.8 Å². The SMILES string of the molecule is CC(C)CC(C(=O)Nc1cccc(C(F)(F)F)c1)N1C(=O)c2ccccc2C1c1c[nH]c2ccccc12. The highest BCUT2D eigenvalue weighted by molar-refractivity contribution is 6.05. The number of H-pyrrole nitrogens is 1. The summed E-state index contributed by atoms with van der Waals surface area (Å²) in [5, 5.41) is 3.58. The minimum Gasteiger partial charge on any atom is -0.361 e. The number of carbonyl (C=O) groups excluding carboxylic acids is 2. The average Bonchev–Trinajstić information content (AvgIpc) is 3.41. The zero-order chi connectivity index (χ0) is 26.3. The first-order valence-corrected chi connectivity index (χ1v) is 12.1. The number of benzene rings is 3. The number of alkyl halides is 3. The second-order valence-corrected chi connectivity index (χ2v) is 9.70. The van der Waals surface area contributed by atoms with Gasteiger partial charge in [0.2, 0.25) is 5.91 Å². The Bertz CT molecular complexity index is 1470. The smallest absolute Gasteiger partial charge is 0.361 e. The van der Waals surface area contributed by atoms with Gasteiger partial charge in [0.15, 0.2) is 0 Å². The summed E-state index contributed by atoms with van der Waals surface area (Å²) in [6.07, 6.45) is -2.34. The molecular formula is C29H26F3N3O2. The van der Waals surface area contributed by atoms with Crippen molar-refractivity contribution >= 4 is 28.4 Å². The second kappa shape index (κ2) is 9.42. The lowest BCUT2D eigenvalue weighted by Gasteiger charge is -2.34. The van der Waals surface area contributed by atoms with Gasteiger partial charge in [0.25, 0.3) is 5.91 Å². The van der Waals surface area contributed by atoms with Gasteiger partial charge in [-0.15, -0.1) is 0 Å². The number of fused-ring (bicyclic) bond motifs is 2. The number of para-hydroxylation sites is 1. The van der Waals surface area contributed by atoms with E-state index in [1.807, 2.05) is 56.4 Å². The highest BCUT2D eigenvalue weighted by Crippen LogP contribution is 2.43. The van der Waals surface area contributed by atoms with E-state index in [0.717, 1.165) is 34.2 Å². The molecule has 0 saturated heterocycles. The van der Waals surface area contributed by atoms with Gasteiger partial charge in [-0.25, -0.2) is 0 Å². The summed E-state index contributed by atoms with van der Waals surface area (Å²) < 4.78 is 39.8. The number of aromatic nitrogens is 1. The van der Waals surface area contributed by atoms with Crippen LogP contribution in [0.4, 0.5) is 18.9 Å². The number of rotatable bonds is 6. The number of aromatic amines is 1. The molecule has 2 amide bonds. The molecule has 0 bridgehead atoms. The summed E-state index contributed by atoms with van der Waals surface area (Å²) in [4.78, 5) is 32.3. The predicted molar refractivity (Wildman–Crippen MR) is 136 cm³/mol. The largest absolute Gasteiger partial charge is 0.416 e. The van der Waals surface area contributed by atoms with Gasteiger partial charge in [0.1, 0.15) is 6.04 Å². The zero-order valence-electron chi connectivity index (χ0n) is 20.3. The first kappa shape index (κ1) is 24.6. The minimum atomic E-state index is -4.54. The lowest BCUT2D eigenvalue weighted by atomic mass is 9.95. The van der Waals surface area contributed by atoms with Gasteiger partial charge >= 0.3 is 6.18 Å². The van der Waals surface area contributed by atoms with Crippen LogP contribution in [0.5, 0.6) is 0 Å². The average molecular weight is 506 g/mol. The zero-order valence-corrected chi connectivity index (χ0v) is 20.3. The van der Waals surface area contributed by atoms with Crippen LogP contribution in [0.15, 0.2) is 79.0 Å². The molecule has 0 aliphatic carbocycles. The van der Waals surface area contributed by atoms with Crippen LogP contribution in [0.3, 0.4) is 0 Å². The molecule has 0 radical (unpaired) electrons. The summed E-state index contributed by atoms with van der Waals surface area (Å²) in [6, 6.07) is 18.1. The molecule has 5 nitrogen and oxygen atoms in total. The topological polar surface area (TPSA) is 65.2 Å². The number of halogens is 3. The number of carbonyl (C=O) groups is 2. The van der Waals surface area contributed by atoms with Crippen molar-refractivity contribution in [3.63, 3.8) is 0 Å². The standard InChI is InChI=1S/C29H26F3N3O2/c1-17(2)14-25(27(36)34-19-9-7-8-18(15-19)29(30,31)32)35-26(21-11-3-4-12-22(21)28(35)37)23-16-33-24-13-6-5-10-20(23)24/h3-13,15-17,25-26,33H,14H2,1-2H3,(H,34,36). The molecule has 0 fully saturated rings. The molecule has 2 heterocycles. The van der Waals surface area contributed by atoms with Crippen LogP contribution >= 0.6 is 0 Å². The number of hydrogen-bond donors (Lipinski definition) is 2. The molecule has 1 aliphatic rings. The molecule has 0 saturated carbocycles. The molecule has 2 N–H and O–H groups in total. The van der Waals surface area contributed by atoms with Crippen molar-refractivity contribution in [3.8, 4) is 0 Å². The maximum absolute atomic E-state index is 13.8. The van der Waals surface area contributed by atoms with Crippen LogP contribution in [0.1, 0.15) is 53.4 Å². The number of nitrogens with zero attached hydrogens (tertiary/aromatic N) is 1. The first-order chi connectivity index (χ1) is 17.6. The van der Waals surface area contributed by atoms with Gasteiger partial charge in [-0.3, -0.25) is 9.59 Å². The van der Waals surface area contributed by atoms with Gasteiger partial charge in [-0.1, -0.05) is 56.3 Å². The van der Waals surface area contributed by atoms with Crippen LogP contribution in [0, 0.1) is 5.92 Å². The van der Waals surface area contributed by atoms with Crippen molar-refractivity contribution in [2.75, 3.05) is 5.32 Å². The maximum atomic E-state index is 13.8. The molecule has 1 aromatic heterocycles. The number of nitrogens with one attached hydrogen (secondary N) is 2. The predicted octanol–water partition coefficient (Wildman–Crippen LogP) is 6.79. The van der Waals surface area contributed by atoms with Crippen molar-refractivity contribution in [2.45, 2.75) is 38.5 Å². The third kappa shape index (κ3) is 4.59. The van der Waals surface area contributed by atoms with Crippen LogP contribution in [-0.2, 0) is 11.0 Å². The Kier molecular flexibility index (Phi) is 6.27. The summed E-state index contributed by atoms with van der Waals surface area (Å²) >= 11 is 0. The third-order valence-electron chi connectivity index (χ3n) is 6.70. The lowest BCUT2D eigenvalue weighted by Crippen LogP contribution is -2.47. The van der Waals surface area contributed by atoms with E-state index in [1.165, 1.54) is 12.1 Å². The Hall–Kier alpha value is -4.07. The van der Waals surface area contributed by atoms with Gasteiger partial charge in [-0.2, -0.15) is 13.2 Å². The third-order valence-corrected chi connectivity index (χ3v) is 6.70. The molecule has 3 aromatic carbocycles. The fourth-order valence-electron chi connectivity index (χ4n) is 5.09. The van der Waals surface area contributed by atoms with E-state index >= 15 is 0 Å². The molecule has 4 aromatic rings. The Balaban J connectivity index is 1.58. The summed E-state index contributed by atoms with van der Waals surface area (Å²) in [6.45, 7) is 3.89. The molecule has 5 rings (SSSR count). The van der Waals surface area contributed by atoms with Crippen molar-refractivity contribution in [2.24, 2.45) is 5.92 Å². The van der Waals surface area contributed by atoms with E-state index in [2.05, 4.69) is 10.3 Å². The molecule has 0 spiro atoms. The van der Waals surface area contributed by atoms with E-state index in [9.17, 15) is 22.8 Å². The molecule has 2 atom stereocenters. The van der Waals surface area contributed by atoms with Gasteiger partial charge < -0.3 is 15.2 Å². The quantitative estimate of drug-likeness (QED) is 0.303. The van der Waals surface area contributed by atoms with E-state index in [0.29, 0.717) is 12.0 Å². The number of anilines is 1. The molecule has 37 heavy (non-hydrogen) atoms. The Labute approximate surface area is 212 Å². The van der Waals surface area contributed by atoms with E-state index in [1.54, 1.807) is 17.0 Å². The van der Waals surface area contributed by atoms with Gasteiger partial charge in [-0.05, 0) is 48.2 Å². The summed E-state index contributed by atoms with van der Waals surface area (Å²) in [5.74, 6) is -0.771. The van der Waals surface area contributed by atoms with E-state index in [4.69, 9.17) is 0 Å². The first-order valence-electron chi connectivity index (χ1n) is 12.1.